The quantitative estimate of drug-likeness (QED) is 0.776. The minimum absolute atomic E-state index is 0.216. The largest absolute Gasteiger partial charge is 0.444 e. The van der Waals surface area contributed by atoms with Crippen molar-refractivity contribution in [2.24, 2.45) is 0 Å². The average Bonchev–Trinajstić information content (AvgIpc) is 2.43. The summed E-state index contributed by atoms with van der Waals surface area (Å²) in [5.41, 5.74) is 0.605. The Morgan fingerprint density at radius 3 is 2.33 bits per heavy atom. The first-order valence-electron chi connectivity index (χ1n) is 8.04. The number of carbonyl (C=O) groups is 1. The molecule has 0 spiro atoms. The lowest BCUT2D eigenvalue weighted by molar-refractivity contribution is 0.0525. The van der Waals surface area contributed by atoms with Crippen LogP contribution in [0.4, 0.5) is 4.79 Å². The van der Waals surface area contributed by atoms with Crippen molar-refractivity contribution in [2.45, 2.75) is 39.2 Å². The van der Waals surface area contributed by atoms with Gasteiger partial charge in [-0.2, -0.15) is 0 Å². The topological polar surface area (TPSA) is 75.7 Å². The molecule has 1 aromatic rings. The van der Waals surface area contributed by atoms with Crippen LogP contribution in [0.5, 0.6) is 0 Å². The fraction of sp³-hybridized carbons (Fsp3) is 0.588. The number of aryl methyl sites for hydroxylation is 1. The second kappa shape index (κ2) is 9.03. The maximum atomic E-state index is 11.9. The fourth-order valence-electron chi connectivity index (χ4n) is 2.14. The first kappa shape index (κ1) is 20.4. The number of hydrogen-bond acceptors (Lipinski definition) is 4. The highest BCUT2D eigenvalue weighted by Crippen LogP contribution is 2.07. The molecular weight excluding hydrogens is 328 g/mol. The number of sulfonamides is 1. The number of ether oxygens (including phenoxy) is 1. The molecule has 0 aromatic heterocycles. The normalized spacial score (nSPS) is 12.2. The van der Waals surface area contributed by atoms with Gasteiger partial charge in [0, 0.05) is 19.6 Å². The fourth-order valence-corrected chi connectivity index (χ4v) is 3.03. The highest BCUT2D eigenvalue weighted by atomic mass is 32.2. The lowest BCUT2D eigenvalue weighted by Gasteiger charge is -2.22. The van der Waals surface area contributed by atoms with Gasteiger partial charge >= 0.3 is 6.09 Å². The first-order chi connectivity index (χ1) is 11.1. The van der Waals surface area contributed by atoms with E-state index in [1.807, 2.05) is 30.3 Å². The van der Waals surface area contributed by atoms with Crippen LogP contribution in [0.3, 0.4) is 0 Å². The molecular formula is C17H28N2O4S. The van der Waals surface area contributed by atoms with Gasteiger partial charge in [-0.1, -0.05) is 30.3 Å². The summed E-state index contributed by atoms with van der Waals surface area (Å²) in [7, 11) is -3.31. The molecule has 6 nitrogen and oxygen atoms in total. The minimum atomic E-state index is -3.31. The predicted molar refractivity (Wildman–Crippen MR) is 95.4 cm³/mol. The van der Waals surface area contributed by atoms with E-state index in [0.29, 0.717) is 6.54 Å². The second-order valence-electron chi connectivity index (χ2n) is 6.68. The number of alkyl carbamates (subject to hydrolysis) is 1. The van der Waals surface area contributed by atoms with Crippen molar-refractivity contribution in [2.75, 3.05) is 25.9 Å². The molecule has 0 unspecified atom stereocenters. The van der Waals surface area contributed by atoms with Crippen LogP contribution in [0.2, 0.25) is 0 Å². The van der Waals surface area contributed by atoms with Crippen LogP contribution in [0.15, 0.2) is 30.3 Å². The summed E-state index contributed by atoms with van der Waals surface area (Å²) in [5.74, 6) is 0. The molecule has 24 heavy (non-hydrogen) atoms. The third-order valence-electron chi connectivity index (χ3n) is 3.21. The standard InChI is InChI=1S/C17H28N2O4S/c1-17(2,3)23-16(20)18-12-14-19(24(4,21)22)13-8-11-15-9-6-5-7-10-15/h5-7,9-10H,8,11-14H2,1-4H3,(H,18,20). The molecule has 1 rings (SSSR count). The molecule has 0 bridgehead atoms. The summed E-state index contributed by atoms with van der Waals surface area (Å²) < 4.78 is 30.2. The number of nitrogens with one attached hydrogen (secondary N) is 1. The summed E-state index contributed by atoms with van der Waals surface area (Å²) >= 11 is 0. The van der Waals surface area contributed by atoms with Gasteiger partial charge in [-0.25, -0.2) is 17.5 Å². The van der Waals surface area contributed by atoms with E-state index in [-0.39, 0.29) is 13.1 Å². The van der Waals surface area contributed by atoms with Gasteiger partial charge in [0.05, 0.1) is 6.26 Å². The molecule has 0 atom stereocenters. The molecule has 0 heterocycles. The Morgan fingerprint density at radius 2 is 1.79 bits per heavy atom. The van der Waals surface area contributed by atoms with E-state index in [2.05, 4.69) is 5.32 Å². The Hall–Kier alpha value is -1.60. The lowest BCUT2D eigenvalue weighted by Crippen LogP contribution is -2.40. The number of hydrogen-bond donors (Lipinski definition) is 1. The molecule has 7 heteroatoms. The van der Waals surface area contributed by atoms with Crippen LogP contribution in [0.25, 0.3) is 0 Å². The molecule has 0 aliphatic rings. The number of rotatable bonds is 8. The van der Waals surface area contributed by atoms with E-state index in [0.717, 1.165) is 12.8 Å². The third kappa shape index (κ3) is 8.88. The zero-order valence-corrected chi connectivity index (χ0v) is 15.7. The molecule has 1 N–H and O–H groups in total. The van der Waals surface area contributed by atoms with Gasteiger partial charge in [0.1, 0.15) is 5.60 Å². The summed E-state index contributed by atoms with van der Waals surface area (Å²) in [4.78, 5) is 11.6. The molecule has 136 valence electrons. The van der Waals surface area contributed by atoms with Crippen LogP contribution in [0, 0.1) is 0 Å². The van der Waals surface area contributed by atoms with Crippen molar-refractivity contribution >= 4 is 16.1 Å². The van der Waals surface area contributed by atoms with Gasteiger partial charge in [-0.15, -0.1) is 0 Å². The molecule has 0 aliphatic heterocycles. The van der Waals surface area contributed by atoms with Gasteiger partial charge in [-0.3, -0.25) is 0 Å². The van der Waals surface area contributed by atoms with Crippen molar-refractivity contribution < 1.29 is 17.9 Å². The van der Waals surface area contributed by atoms with Crippen LogP contribution < -0.4 is 5.32 Å². The average molecular weight is 356 g/mol. The summed E-state index contributed by atoms with van der Waals surface area (Å²) in [6.07, 6.45) is 2.18. The number of nitrogens with zero attached hydrogens (tertiary/aromatic N) is 1. The minimum Gasteiger partial charge on any atom is -0.444 e. The van der Waals surface area contributed by atoms with Crippen LogP contribution in [0.1, 0.15) is 32.8 Å². The van der Waals surface area contributed by atoms with Crippen LogP contribution >= 0.6 is 0 Å². The molecule has 1 aromatic carbocycles. The molecule has 0 radical (unpaired) electrons. The zero-order chi connectivity index (χ0) is 18.2. The van der Waals surface area contributed by atoms with Crippen molar-refractivity contribution in [1.82, 2.24) is 9.62 Å². The highest BCUT2D eigenvalue weighted by Gasteiger charge is 2.18. The van der Waals surface area contributed by atoms with E-state index < -0.39 is 21.7 Å². The third-order valence-corrected chi connectivity index (χ3v) is 4.52. The van der Waals surface area contributed by atoms with E-state index in [1.165, 1.54) is 16.1 Å². The second-order valence-corrected chi connectivity index (χ2v) is 8.66. The zero-order valence-electron chi connectivity index (χ0n) is 14.9. The highest BCUT2D eigenvalue weighted by molar-refractivity contribution is 7.88. The maximum absolute atomic E-state index is 11.9. The SMILES string of the molecule is CC(C)(C)OC(=O)NCCN(CCCc1ccccc1)S(C)(=O)=O. The summed E-state index contributed by atoms with van der Waals surface area (Å²) in [6.45, 7) is 6.20. The van der Waals surface area contributed by atoms with Gasteiger partial charge < -0.3 is 10.1 Å². The van der Waals surface area contributed by atoms with Crippen molar-refractivity contribution in [3.8, 4) is 0 Å². The molecule has 0 fully saturated rings. The predicted octanol–water partition coefficient (Wildman–Crippen LogP) is 2.41. The maximum Gasteiger partial charge on any atom is 0.407 e. The van der Waals surface area contributed by atoms with Crippen molar-refractivity contribution in [1.29, 1.82) is 0 Å². The van der Waals surface area contributed by atoms with Crippen LogP contribution in [-0.2, 0) is 21.2 Å². The first-order valence-corrected chi connectivity index (χ1v) is 9.89. The number of carbonyl (C=O) groups excluding carboxylic acids is 1. The van der Waals surface area contributed by atoms with Gasteiger partial charge in [0.2, 0.25) is 10.0 Å². The van der Waals surface area contributed by atoms with E-state index in [4.69, 9.17) is 4.74 Å². The number of benzene rings is 1. The van der Waals surface area contributed by atoms with Gasteiger partial charge in [0.15, 0.2) is 0 Å². The molecule has 0 saturated carbocycles. The lowest BCUT2D eigenvalue weighted by atomic mass is 10.1. The molecule has 0 aliphatic carbocycles. The monoisotopic (exact) mass is 356 g/mol. The van der Waals surface area contributed by atoms with Crippen LogP contribution in [-0.4, -0.2) is 50.3 Å². The van der Waals surface area contributed by atoms with E-state index in [9.17, 15) is 13.2 Å². The number of amides is 1. The summed E-state index contributed by atoms with van der Waals surface area (Å²) in [6, 6.07) is 9.93. The van der Waals surface area contributed by atoms with E-state index >= 15 is 0 Å². The molecule has 1 amide bonds. The van der Waals surface area contributed by atoms with Gasteiger partial charge in [0.25, 0.3) is 0 Å². The molecule has 0 saturated heterocycles. The smallest absolute Gasteiger partial charge is 0.407 e. The van der Waals surface area contributed by atoms with Gasteiger partial charge in [-0.05, 0) is 39.2 Å². The summed E-state index contributed by atoms with van der Waals surface area (Å²) in [5, 5.41) is 2.58. The Balaban J connectivity index is 2.42. The van der Waals surface area contributed by atoms with Crippen molar-refractivity contribution in [3.05, 3.63) is 35.9 Å². The Bertz CT molecular complexity index is 609. The Labute approximate surface area is 145 Å². The van der Waals surface area contributed by atoms with E-state index in [1.54, 1.807) is 20.8 Å². The van der Waals surface area contributed by atoms with Crippen molar-refractivity contribution in [3.63, 3.8) is 0 Å². The Kier molecular flexibility index (Phi) is 7.69. The Morgan fingerprint density at radius 1 is 1.17 bits per heavy atom.